The zero-order chi connectivity index (χ0) is 17.1. The Hall–Kier alpha value is -2.09. The van der Waals surface area contributed by atoms with Crippen LogP contribution in [0.1, 0.15) is 17.7 Å². The van der Waals surface area contributed by atoms with E-state index in [1.165, 1.54) is 12.0 Å². The summed E-state index contributed by atoms with van der Waals surface area (Å²) in [5.41, 5.74) is 0. The molecule has 0 bridgehead atoms. The number of thiophene rings is 1. The van der Waals surface area contributed by atoms with E-state index in [1.54, 1.807) is 11.3 Å². The molecule has 24 heavy (non-hydrogen) atoms. The van der Waals surface area contributed by atoms with Crippen molar-refractivity contribution in [1.82, 2.24) is 9.80 Å². The first-order valence-corrected chi connectivity index (χ1v) is 8.81. The Bertz CT molecular complexity index is 610. The molecular formula is C16H20N2O5S. The van der Waals surface area contributed by atoms with Crippen LogP contribution in [0.25, 0.3) is 0 Å². The van der Waals surface area contributed by atoms with Crippen LogP contribution < -0.4 is 0 Å². The molecule has 2 aliphatic heterocycles. The third-order valence-corrected chi connectivity index (χ3v) is 5.38. The summed E-state index contributed by atoms with van der Waals surface area (Å²) in [4.78, 5) is 40.4. The molecule has 0 N–H and O–H groups in total. The van der Waals surface area contributed by atoms with Crippen LogP contribution in [0, 0.1) is 0 Å². The number of hydrogen-bond donors (Lipinski definition) is 0. The van der Waals surface area contributed by atoms with Gasteiger partial charge < -0.3 is 14.4 Å². The van der Waals surface area contributed by atoms with Gasteiger partial charge in [0.05, 0.1) is 13.5 Å². The highest BCUT2D eigenvalue weighted by Crippen LogP contribution is 2.25. The second-order valence-corrected chi connectivity index (χ2v) is 6.92. The van der Waals surface area contributed by atoms with Gasteiger partial charge in [-0.3, -0.25) is 9.69 Å². The molecule has 2 fully saturated rings. The Labute approximate surface area is 144 Å². The molecule has 1 aromatic heterocycles. The maximum atomic E-state index is 12.3. The van der Waals surface area contributed by atoms with Gasteiger partial charge in [0.2, 0.25) is 5.91 Å². The lowest BCUT2D eigenvalue weighted by molar-refractivity contribution is -0.146. The number of cyclic esters (lactones) is 1. The SMILES string of the molecule is COC(=O)[C@H]1COC(=O)N1C1CCN(C(=O)Cc2cccs2)CC1. The van der Waals surface area contributed by atoms with Crippen LogP contribution in [0.2, 0.25) is 0 Å². The fourth-order valence-corrected chi connectivity index (χ4v) is 3.92. The maximum Gasteiger partial charge on any atom is 0.410 e. The van der Waals surface area contributed by atoms with Crippen LogP contribution in [0.4, 0.5) is 4.79 Å². The summed E-state index contributed by atoms with van der Waals surface area (Å²) in [6, 6.07) is 3.11. The van der Waals surface area contributed by atoms with Crippen LogP contribution in [0.3, 0.4) is 0 Å². The first kappa shape index (κ1) is 16.8. The smallest absolute Gasteiger partial charge is 0.410 e. The molecule has 7 nitrogen and oxygen atoms in total. The van der Waals surface area contributed by atoms with E-state index in [0.29, 0.717) is 32.4 Å². The highest BCUT2D eigenvalue weighted by Gasteiger charge is 2.44. The highest BCUT2D eigenvalue weighted by atomic mass is 32.1. The van der Waals surface area contributed by atoms with Crippen molar-refractivity contribution in [3.63, 3.8) is 0 Å². The van der Waals surface area contributed by atoms with Gasteiger partial charge >= 0.3 is 12.1 Å². The highest BCUT2D eigenvalue weighted by molar-refractivity contribution is 7.10. The van der Waals surface area contributed by atoms with Crippen molar-refractivity contribution in [2.75, 3.05) is 26.8 Å². The molecule has 0 radical (unpaired) electrons. The van der Waals surface area contributed by atoms with E-state index in [2.05, 4.69) is 0 Å². The van der Waals surface area contributed by atoms with Gasteiger partial charge in [-0.2, -0.15) is 0 Å². The fourth-order valence-electron chi connectivity index (χ4n) is 3.22. The Morgan fingerprint density at radius 3 is 2.75 bits per heavy atom. The zero-order valence-corrected chi connectivity index (χ0v) is 14.3. The largest absolute Gasteiger partial charge is 0.467 e. The monoisotopic (exact) mass is 352 g/mol. The van der Waals surface area contributed by atoms with Crippen molar-refractivity contribution >= 4 is 29.3 Å². The van der Waals surface area contributed by atoms with Gasteiger partial charge in [0.15, 0.2) is 6.04 Å². The number of carbonyl (C=O) groups is 3. The van der Waals surface area contributed by atoms with Crippen molar-refractivity contribution in [3.05, 3.63) is 22.4 Å². The number of likely N-dealkylation sites (tertiary alicyclic amines) is 1. The minimum Gasteiger partial charge on any atom is -0.467 e. The van der Waals surface area contributed by atoms with Crippen molar-refractivity contribution in [2.24, 2.45) is 0 Å². The van der Waals surface area contributed by atoms with Crippen LogP contribution in [-0.2, 0) is 25.5 Å². The second-order valence-electron chi connectivity index (χ2n) is 5.89. The number of methoxy groups -OCH3 is 1. The molecule has 0 spiro atoms. The first-order valence-electron chi connectivity index (χ1n) is 7.93. The summed E-state index contributed by atoms with van der Waals surface area (Å²) in [5, 5.41) is 1.96. The number of rotatable bonds is 4. The minimum atomic E-state index is -0.680. The van der Waals surface area contributed by atoms with Crippen molar-refractivity contribution < 1.29 is 23.9 Å². The molecule has 0 aromatic carbocycles. The Morgan fingerprint density at radius 1 is 1.38 bits per heavy atom. The molecule has 3 heterocycles. The summed E-state index contributed by atoms with van der Waals surface area (Å²) in [5.74, 6) is -0.360. The van der Waals surface area contributed by atoms with E-state index in [1.807, 2.05) is 22.4 Å². The van der Waals surface area contributed by atoms with Crippen LogP contribution in [-0.4, -0.2) is 66.7 Å². The summed E-state index contributed by atoms with van der Waals surface area (Å²) in [7, 11) is 1.30. The predicted octanol–water partition coefficient (Wildman–Crippen LogP) is 1.28. The van der Waals surface area contributed by atoms with Crippen molar-refractivity contribution in [2.45, 2.75) is 31.3 Å². The fraction of sp³-hybridized carbons (Fsp3) is 0.562. The molecule has 2 saturated heterocycles. The van der Waals surface area contributed by atoms with E-state index in [9.17, 15) is 14.4 Å². The van der Waals surface area contributed by atoms with E-state index in [0.717, 1.165) is 4.88 Å². The number of carbonyl (C=O) groups excluding carboxylic acids is 3. The summed E-state index contributed by atoms with van der Waals surface area (Å²) in [6.07, 6.45) is 1.21. The molecular weight excluding hydrogens is 332 g/mol. The van der Waals surface area contributed by atoms with Gasteiger partial charge in [-0.1, -0.05) is 6.07 Å². The number of nitrogens with zero attached hydrogens (tertiary/aromatic N) is 2. The third kappa shape index (κ3) is 3.38. The standard InChI is InChI=1S/C16H20N2O5S/c1-22-15(20)13-10-23-16(21)18(13)11-4-6-17(7-5-11)14(19)9-12-3-2-8-24-12/h2-3,8,11,13H,4-7,9-10H2,1H3/t13-/m1/s1. The average molecular weight is 352 g/mol. The number of piperidine rings is 1. The quantitative estimate of drug-likeness (QED) is 0.763. The molecule has 1 aromatic rings. The number of hydrogen-bond acceptors (Lipinski definition) is 6. The molecule has 1 atom stereocenters. The first-order chi connectivity index (χ1) is 11.6. The lowest BCUT2D eigenvalue weighted by Crippen LogP contribution is -2.52. The van der Waals surface area contributed by atoms with E-state index >= 15 is 0 Å². The average Bonchev–Trinajstić information content (AvgIpc) is 3.24. The van der Waals surface area contributed by atoms with Crippen LogP contribution in [0.15, 0.2) is 17.5 Å². The molecule has 0 aliphatic carbocycles. The van der Waals surface area contributed by atoms with Gasteiger partial charge in [0.1, 0.15) is 6.61 Å². The number of esters is 1. The van der Waals surface area contributed by atoms with Gasteiger partial charge in [-0.15, -0.1) is 11.3 Å². The lowest BCUT2D eigenvalue weighted by atomic mass is 10.0. The molecule has 130 valence electrons. The maximum absolute atomic E-state index is 12.3. The van der Waals surface area contributed by atoms with E-state index in [4.69, 9.17) is 9.47 Å². The molecule has 2 amide bonds. The number of ether oxygens (including phenoxy) is 2. The van der Waals surface area contributed by atoms with E-state index in [-0.39, 0.29) is 18.6 Å². The topological polar surface area (TPSA) is 76.2 Å². The predicted molar refractivity (Wildman–Crippen MR) is 86.6 cm³/mol. The van der Waals surface area contributed by atoms with Gasteiger partial charge in [-0.25, -0.2) is 9.59 Å². The minimum absolute atomic E-state index is 0.0308. The third-order valence-electron chi connectivity index (χ3n) is 4.50. The van der Waals surface area contributed by atoms with Crippen LogP contribution >= 0.6 is 11.3 Å². The summed E-state index contributed by atoms with van der Waals surface area (Å²) in [6.45, 7) is 1.18. The molecule has 3 rings (SSSR count). The van der Waals surface area contributed by atoms with Gasteiger partial charge in [-0.05, 0) is 24.3 Å². The molecule has 0 saturated carbocycles. The lowest BCUT2D eigenvalue weighted by Gasteiger charge is -2.37. The van der Waals surface area contributed by atoms with Gasteiger partial charge in [0.25, 0.3) is 0 Å². The Balaban J connectivity index is 1.57. The molecule has 2 aliphatic rings. The summed E-state index contributed by atoms with van der Waals surface area (Å²) < 4.78 is 9.75. The molecule has 8 heteroatoms. The van der Waals surface area contributed by atoms with Gasteiger partial charge in [0, 0.05) is 24.0 Å². The molecule has 0 unspecified atom stereocenters. The van der Waals surface area contributed by atoms with Crippen molar-refractivity contribution in [3.8, 4) is 0 Å². The Kier molecular flexibility index (Phi) is 5.03. The van der Waals surface area contributed by atoms with Crippen LogP contribution in [0.5, 0.6) is 0 Å². The second kappa shape index (κ2) is 7.21. The summed E-state index contributed by atoms with van der Waals surface area (Å²) >= 11 is 1.57. The zero-order valence-electron chi connectivity index (χ0n) is 13.5. The normalized spacial score (nSPS) is 21.7. The number of amides is 2. The van der Waals surface area contributed by atoms with E-state index < -0.39 is 18.1 Å². The van der Waals surface area contributed by atoms with Crippen molar-refractivity contribution in [1.29, 1.82) is 0 Å². The Morgan fingerprint density at radius 2 is 2.12 bits per heavy atom.